The van der Waals surface area contributed by atoms with Gasteiger partial charge in [0.25, 0.3) is 0 Å². The first kappa shape index (κ1) is 47.0. The Morgan fingerprint density at radius 1 is 0.467 bits per heavy atom. The highest BCUT2D eigenvalue weighted by Crippen LogP contribution is 1.56. The maximum absolute atomic E-state index is 3.00. The molecular formula is C15H40. The minimum absolute atomic E-state index is 1.25. The predicted molar refractivity (Wildman–Crippen MR) is 83.9 cm³/mol. The summed E-state index contributed by atoms with van der Waals surface area (Å²) in [4.78, 5) is 0. The Hall–Kier alpha value is -0.520. The third-order valence-corrected chi connectivity index (χ3v) is 0. The summed E-state index contributed by atoms with van der Waals surface area (Å²) in [6, 6.07) is 0. The molecule has 0 saturated heterocycles. The van der Waals surface area contributed by atoms with E-state index in [4.69, 9.17) is 0 Å². The van der Waals surface area contributed by atoms with Gasteiger partial charge in [0.05, 0.1) is 0 Å². The van der Waals surface area contributed by atoms with Crippen molar-refractivity contribution in [3.05, 3.63) is 26.3 Å². The van der Waals surface area contributed by atoms with Crippen LogP contribution in [-0.4, -0.2) is 0 Å². The van der Waals surface area contributed by atoms with Crippen LogP contribution >= 0.6 is 0 Å². The molecule has 0 atom stereocenters. The van der Waals surface area contributed by atoms with Crippen LogP contribution in [0.25, 0.3) is 0 Å². The molecule has 0 aliphatic heterocycles. The molecule has 0 bridgehead atoms. The van der Waals surface area contributed by atoms with Gasteiger partial charge in [0.2, 0.25) is 0 Å². The van der Waals surface area contributed by atoms with E-state index in [9.17, 15) is 0 Å². The van der Waals surface area contributed by atoms with Crippen molar-refractivity contribution in [2.24, 2.45) is 0 Å². The lowest BCUT2D eigenvalue weighted by Gasteiger charge is -1.48. The van der Waals surface area contributed by atoms with Crippen molar-refractivity contribution in [3.63, 3.8) is 0 Å². The summed E-state index contributed by atoms with van der Waals surface area (Å²) in [5.41, 5.74) is 0. The lowest BCUT2D eigenvalue weighted by molar-refractivity contribution is 1.09. The molecule has 0 unspecified atom stereocenters. The SMILES string of the molecule is C=C.C=C.CC.CC.CC.CC.CCC. The van der Waals surface area contributed by atoms with Gasteiger partial charge in [-0.15, -0.1) is 26.3 Å². The van der Waals surface area contributed by atoms with Crippen molar-refractivity contribution in [2.45, 2.75) is 75.7 Å². The minimum Gasteiger partial charge on any atom is -0.106 e. The Bertz CT molecular complexity index is 7.51. The molecule has 0 aromatic heterocycles. The standard InChI is InChI=1S/C3H8.4C2H6.2C2H4/c1-3-2;6*1-2/h3H2,1-2H3;4*1-2H3;2*1-2H2. The highest BCUT2D eigenvalue weighted by Gasteiger charge is 1.35. The molecule has 0 aromatic carbocycles. The molecule has 0 heterocycles. The Balaban J connectivity index is -0.0000000101. The summed E-state index contributed by atoms with van der Waals surface area (Å²) in [7, 11) is 0. The maximum Gasteiger partial charge on any atom is -0.0590 e. The van der Waals surface area contributed by atoms with Gasteiger partial charge in [-0.05, 0) is 0 Å². The van der Waals surface area contributed by atoms with Crippen LogP contribution in [-0.2, 0) is 0 Å². The summed E-state index contributed by atoms with van der Waals surface area (Å²) < 4.78 is 0. The number of hydrogen-bond acceptors (Lipinski definition) is 0. The summed E-state index contributed by atoms with van der Waals surface area (Å²) >= 11 is 0. The predicted octanol–water partition coefficient (Wildman–Crippen LogP) is 7.13. The smallest absolute Gasteiger partial charge is 0.0590 e. The molecule has 0 saturated carbocycles. The Labute approximate surface area is 103 Å². The van der Waals surface area contributed by atoms with E-state index in [0.29, 0.717) is 0 Å². The Morgan fingerprint density at radius 2 is 0.467 bits per heavy atom. The fraction of sp³-hybridized carbons (Fsp3) is 0.733. The van der Waals surface area contributed by atoms with Gasteiger partial charge in [-0.25, -0.2) is 0 Å². The summed E-state index contributed by atoms with van der Waals surface area (Å²) in [6.45, 7) is 32.2. The van der Waals surface area contributed by atoms with Crippen LogP contribution in [0.15, 0.2) is 26.3 Å². The molecule has 0 amide bonds. The van der Waals surface area contributed by atoms with Crippen LogP contribution in [0.2, 0.25) is 0 Å². The van der Waals surface area contributed by atoms with Crippen LogP contribution in [0.4, 0.5) is 0 Å². The van der Waals surface area contributed by atoms with E-state index in [1.807, 2.05) is 55.4 Å². The molecule has 0 radical (unpaired) electrons. The average Bonchev–Trinajstić information content (AvgIpc) is 2.44. The van der Waals surface area contributed by atoms with E-state index in [-0.39, 0.29) is 0 Å². The van der Waals surface area contributed by atoms with Crippen molar-refractivity contribution in [3.8, 4) is 0 Å². The third kappa shape index (κ3) is 6570. The first-order valence-electron chi connectivity index (χ1n) is 6.41. The highest BCUT2D eigenvalue weighted by atomic mass is 13.4. The van der Waals surface area contributed by atoms with Gasteiger partial charge in [-0.2, -0.15) is 0 Å². The van der Waals surface area contributed by atoms with E-state index >= 15 is 0 Å². The first-order chi connectivity index (χ1) is 7.41. The lowest BCUT2D eigenvalue weighted by atomic mass is 10.6. The quantitative estimate of drug-likeness (QED) is 0.381. The second-order valence-corrected chi connectivity index (χ2v) is 0.707. The molecule has 0 heteroatoms. The van der Waals surface area contributed by atoms with Crippen molar-refractivity contribution in [1.29, 1.82) is 0 Å². The molecule has 0 nitrogen and oxygen atoms in total. The van der Waals surface area contributed by atoms with Crippen LogP contribution in [0.5, 0.6) is 0 Å². The number of rotatable bonds is 0. The highest BCUT2D eigenvalue weighted by molar-refractivity contribution is 4.22. The molecule has 0 rings (SSSR count). The van der Waals surface area contributed by atoms with E-state index in [1.54, 1.807) is 0 Å². The van der Waals surface area contributed by atoms with E-state index in [1.165, 1.54) is 6.42 Å². The van der Waals surface area contributed by atoms with Gasteiger partial charge in [0, 0.05) is 0 Å². The van der Waals surface area contributed by atoms with Gasteiger partial charge in [-0.3, -0.25) is 0 Å². The summed E-state index contributed by atoms with van der Waals surface area (Å²) in [6.07, 6.45) is 1.25. The topological polar surface area (TPSA) is 0 Å². The van der Waals surface area contributed by atoms with Crippen molar-refractivity contribution in [2.75, 3.05) is 0 Å². The van der Waals surface area contributed by atoms with Crippen LogP contribution in [0, 0.1) is 0 Å². The zero-order chi connectivity index (χ0) is 14.7. The normalized spacial score (nSPS) is 3.33. The summed E-state index contributed by atoms with van der Waals surface area (Å²) in [5.74, 6) is 0. The number of hydrogen-bond donors (Lipinski definition) is 0. The molecule has 0 aliphatic rings. The van der Waals surface area contributed by atoms with Crippen LogP contribution in [0.3, 0.4) is 0 Å². The lowest BCUT2D eigenvalue weighted by Crippen LogP contribution is -1.27. The van der Waals surface area contributed by atoms with Gasteiger partial charge < -0.3 is 0 Å². The van der Waals surface area contributed by atoms with Gasteiger partial charge in [0.15, 0.2) is 0 Å². The molecule has 0 spiro atoms. The third-order valence-electron chi connectivity index (χ3n) is 0. The molecule has 0 aromatic rings. The monoisotopic (exact) mass is 220 g/mol. The largest absolute Gasteiger partial charge is 0.106 e. The maximum atomic E-state index is 3.00. The van der Waals surface area contributed by atoms with Gasteiger partial charge in [0.1, 0.15) is 0 Å². The molecule has 15 heavy (non-hydrogen) atoms. The Morgan fingerprint density at radius 3 is 0.467 bits per heavy atom. The molecular weight excluding hydrogens is 180 g/mol. The Kier molecular flexibility index (Phi) is 28600. The minimum atomic E-state index is 1.25. The zero-order valence-electron chi connectivity index (χ0n) is 13.5. The van der Waals surface area contributed by atoms with Gasteiger partial charge in [-0.1, -0.05) is 75.7 Å². The van der Waals surface area contributed by atoms with Crippen molar-refractivity contribution in [1.82, 2.24) is 0 Å². The second kappa shape index (κ2) is 9110. The van der Waals surface area contributed by atoms with Crippen molar-refractivity contribution >= 4 is 0 Å². The molecule has 0 N–H and O–H groups in total. The fourth-order valence-electron chi connectivity index (χ4n) is 0. The first-order valence-corrected chi connectivity index (χ1v) is 6.41. The fourth-order valence-corrected chi connectivity index (χ4v) is 0. The van der Waals surface area contributed by atoms with E-state index in [0.717, 1.165) is 0 Å². The van der Waals surface area contributed by atoms with Crippen LogP contribution in [0.1, 0.15) is 75.7 Å². The zero-order valence-corrected chi connectivity index (χ0v) is 13.5. The average molecular weight is 220 g/mol. The van der Waals surface area contributed by atoms with Crippen molar-refractivity contribution < 1.29 is 0 Å². The summed E-state index contributed by atoms with van der Waals surface area (Å²) in [5, 5.41) is 0. The molecule has 0 aliphatic carbocycles. The molecule has 100 valence electrons. The molecule has 0 fully saturated rings. The second-order valence-electron chi connectivity index (χ2n) is 0.707. The van der Waals surface area contributed by atoms with E-state index < -0.39 is 0 Å². The van der Waals surface area contributed by atoms with Gasteiger partial charge >= 0.3 is 0 Å². The van der Waals surface area contributed by atoms with Crippen LogP contribution < -0.4 is 0 Å². The van der Waals surface area contributed by atoms with E-state index in [2.05, 4.69) is 40.2 Å².